The molecule has 1 aromatic heterocycles. The molecule has 0 unspecified atom stereocenters. The highest BCUT2D eigenvalue weighted by Gasteiger charge is 2.23. The van der Waals surface area contributed by atoms with Crippen molar-refractivity contribution in [3.63, 3.8) is 0 Å². The van der Waals surface area contributed by atoms with E-state index >= 15 is 0 Å². The van der Waals surface area contributed by atoms with Gasteiger partial charge in [-0.25, -0.2) is 0 Å². The predicted octanol–water partition coefficient (Wildman–Crippen LogP) is 0.730. The summed E-state index contributed by atoms with van der Waals surface area (Å²) in [6.45, 7) is 2.37. The number of fused-ring (bicyclic) bond motifs is 1. The molecule has 0 saturated carbocycles. The Morgan fingerprint density at radius 2 is 1.89 bits per heavy atom. The van der Waals surface area contributed by atoms with Gasteiger partial charge in [0.25, 0.3) is 0 Å². The summed E-state index contributed by atoms with van der Waals surface area (Å²) in [5.41, 5.74) is 0.917. The van der Waals surface area contributed by atoms with Crippen LogP contribution in [0.4, 0.5) is 5.82 Å². The molecular formula is C12H16N4O2S. The van der Waals surface area contributed by atoms with Gasteiger partial charge in [0.2, 0.25) is 0 Å². The van der Waals surface area contributed by atoms with Crippen LogP contribution in [0, 0.1) is 0 Å². The molecule has 1 saturated heterocycles. The van der Waals surface area contributed by atoms with E-state index in [1.165, 1.54) is 4.31 Å². The second-order valence-electron chi connectivity index (χ2n) is 4.53. The molecule has 7 heteroatoms. The summed E-state index contributed by atoms with van der Waals surface area (Å²) in [7, 11) is -3.47. The number of hydrogen-bond acceptors (Lipinski definition) is 3. The fourth-order valence-electron chi connectivity index (χ4n) is 2.22. The maximum absolute atomic E-state index is 12.2. The minimum absolute atomic E-state index is 0.496. The zero-order valence-corrected chi connectivity index (χ0v) is 11.2. The van der Waals surface area contributed by atoms with Gasteiger partial charge in [-0.05, 0) is 12.1 Å². The lowest BCUT2D eigenvalue weighted by Crippen LogP contribution is -2.48. The summed E-state index contributed by atoms with van der Waals surface area (Å²) in [6, 6.07) is 9.49. The molecule has 0 spiro atoms. The van der Waals surface area contributed by atoms with Gasteiger partial charge in [-0.2, -0.15) is 12.7 Å². The molecule has 0 atom stereocenters. The maximum atomic E-state index is 12.2. The monoisotopic (exact) mass is 280 g/mol. The quantitative estimate of drug-likeness (QED) is 0.775. The topological polar surface area (TPSA) is 77.2 Å². The number of nitrogens with one attached hydrogen (secondary N) is 3. The van der Waals surface area contributed by atoms with Crippen LogP contribution in [0.5, 0.6) is 0 Å². The fourth-order valence-corrected chi connectivity index (χ4v) is 3.40. The molecule has 1 aliphatic rings. The van der Waals surface area contributed by atoms with Gasteiger partial charge >= 0.3 is 10.2 Å². The number of hydrogen-bond donors (Lipinski definition) is 3. The zero-order valence-electron chi connectivity index (χ0n) is 10.4. The number of aromatic nitrogens is 1. The van der Waals surface area contributed by atoms with Crippen molar-refractivity contribution < 1.29 is 8.42 Å². The largest absolute Gasteiger partial charge is 0.341 e. The number of nitrogens with zero attached hydrogens (tertiary/aromatic N) is 1. The lowest BCUT2D eigenvalue weighted by atomic mass is 10.3. The van der Waals surface area contributed by atoms with Crippen molar-refractivity contribution in [1.82, 2.24) is 14.6 Å². The van der Waals surface area contributed by atoms with Crippen LogP contribution >= 0.6 is 0 Å². The summed E-state index contributed by atoms with van der Waals surface area (Å²) < 4.78 is 28.4. The van der Waals surface area contributed by atoms with Gasteiger partial charge in [0.15, 0.2) is 0 Å². The first-order chi connectivity index (χ1) is 9.15. The lowest BCUT2D eigenvalue weighted by Gasteiger charge is -2.26. The van der Waals surface area contributed by atoms with Gasteiger partial charge in [-0.1, -0.05) is 18.2 Å². The molecule has 102 valence electrons. The van der Waals surface area contributed by atoms with Crippen LogP contribution in [0.3, 0.4) is 0 Å². The molecule has 3 rings (SSSR count). The van der Waals surface area contributed by atoms with E-state index < -0.39 is 10.2 Å². The zero-order chi connectivity index (χ0) is 13.3. The molecule has 0 bridgehead atoms. The third-order valence-electron chi connectivity index (χ3n) is 3.18. The standard InChI is InChI=1S/C12H16N4O2S/c17-19(18,16-7-5-13-6-8-16)15-12-9-10-3-1-2-4-11(10)14-12/h1-4,9,13-15H,5-8H2. The highest BCUT2D eigenvalue weighted by Crippen LogP contribution is 2.19. The minimum Gasteiger partial charge on any atom is -0.341 e. The minimum atomic E-state index is -3.47. The Morgan fingerprint density at radius 1 is 1.16 bits per heavy atom. The van der Waals surface area contributed by atoms with Gasteiger partial charge in [0.1, 0.15) is 5.82 Å². The van der Waals surface area contributed by atoms with Gasteiger partial charge in [-0.15, -0.1) is 0 Å². The molecule has 6 nitrogen and oxygen atoms in total. The van der Waals surface area contributed by atoms with E-state index in [9.17, 15) is 8.42 Å². The van der Waals surface area contributed by atoms with E-state index in [4.69, 9.17) is 0 Å². The Morgan fingerprint density at radius 3 is 2.63 bits per heavy atom. The summed E-state index contributed by atoms with van der Waals surface area (Å²) in [5, 5.41) is 4.12. The molecule has 0 amide bonds. The van der Waals surface area contributed by atoms with Crippen LogP contribution in [-0.4, -0.2) is 43.9 Å². The van der Waals surface area contributed by atoms with Crippen molar-refractivity contribution in [2.75, 3.05) is 30.9 Å². The maximum Gasteiger partial charge on any atom is 0.302 e. The van der Waals surface area contributed by atoms with E-state index in [1.807, 2.05) is 24.3 Å². The second-order valence-corrected chi connectivity index (χ2v) is 6.20. The molecule has 19 heavy (non-hydrogen) atoms. The van der Waals surface area contributed by atoms with Gasteiger partial charge in [0, 0.05) is 37.1 Å². The SMILES string of the molecule is O=S(=O)(Nc1cc2ccccc2[nH]1)N1CCNCC1. The average Bonchev–Trinajstić information content (AvgIpc) is 2.81. The summed E-state index contributed by atoms with van der Waals surface area (Å²) in [4.78, 5) is 3.06. The highest BCUT2D eigenvalue weighted by atomic mass is 32.2. The fraction of sp³-hybridized carbons (Fsp3) is 0.333. The number of piperazine rings is 1. The normalized spacial score (nSPS) is 17.7. The van der Waals surface area contributed by atoms with E-state index in [0.29, 0.717) is 32.0 Å². The average molecular weight is 280 g/mol. The Hall–Kier alpha value is -1.57. The first kappa shape index (κ1) is 12.5. The van der Waals surface area contributed by atoms with Crippen LogP contribution in [0.25, 0.3) is 10.9 Å². The molecule has 1 fully saturated rings. The number of aromatic amines is 1. The van der Waals surface area contributed by atoms with Gasteiger partial charge < -0.3 is 10.3 Å². The van der Waals surface area contributed by atoms with Gasteiger partial charge in [-0.3, -0.25) is 4.72 Å². The van der Waals surface area contributed by atoms with Crippen LogP contribution in [0.2, 0.25) is 0 Å². The van der Waals surface area contributed by atoms with Crippen LogP contribution < -0.4 is 10.0 Å². The highest BCUT2D eigenvalue weighted by molar-refractivity contribution is 7.90. The van der Waals surface area contributed by atoms with Crippen molar-refractivity contribution in [3.8, 4) is 0 Å². The van der Waals surface area contributed by atoms with E-state index in [1.54, 1.807) is 6.07 Å². The number of benzene rings is 1. The van der Waals surface area contributed by atoms with Crippen LogP contribution in [0.15, 0.2) is 30.3 Å². The first-order valence-corrected chi connectivity index (χ1v) is 7.65. The lowest BCUT2D eigenvalue weighted by molar-refractivity contribution is 0.362. The summed E-state index contributed by atoms with van der Waals surface area (Å²) >= 11 is 0. The molecule has 3 N–H and O–H groups in total. The molecule has 1 aliphatic heterocycles. The van der Waals surface area contributed by atoms with Crippen molar-refractivity contribution >= 4 is 26.9 Å². The third-order valence-corrected chi connectivity index (χ3v) is 4.71. The number of rotatable bonds is 3. The van der Waals surface area contributed by atoms with Crippen molar-refractivity contribution in [1.29, 1.82) is 0 Å². The smallest absolute Gasteiger partial charge is 0.302 e. The van der Waals surface area contributed by atoms with Crippen molar-refractivity contribution in [3.05, 3.63) is 30.3 Å². The van der Waals surface area contributed by atoms with E-state index in [2.05, 4.69) is 15.0 Å². The molecule has 0 radical (unpaired) electrons. The second kappa shape index (κ2) is 4.84. The third kappa shape index (κ3) is 2.58. The number of para-hydroxylation sites is 1. The van der Waals surface area contributed by atoms with Crippen molar-refractivity contribution in [2.24, 2.45) is 0 Å². The number of H-pyrrole nitrogens is 1. The molecule has 1 aromatic carbocycles. The first-order valence-electron chi connectivity index (χ1n) is 6.21. The summed E-state index contributed by atoms with van der Waals surface area (Å²) in [5.74, 6) is 0.500. The van der Waals surface area contributed by atoms with Crippen LogP contribution in [0.1, 0.15) is 0 Å². The van der Waals surface area contributed by atoms with E-state index in [-0.39, 0.29) is 0 Å². The van der Waals surface area contributed by atoms with Crippen molar-refractivity contribution in [2.45, 2.75) is 0 Å². The Kier molecular flexibility index (Phi) is 3.17. The molecule has 0 aliphatic carbocycles. The molecular weight excluding hydrogens is 264 g/mol. The Bertz CT molecular complexity index is 641. The van der Waals surface area contributed by atoms with Gasteiger partial charge in [0.05, 0.1) is 0 Å². The number of anilines is 1. The summed E-state index contributed by atoms with van der Waals surface area (Å²) in [6.07, 6.45) is 0. The predicted molar refractivity (Wildman–Crippen MR) is 75.3 cm³/mol. The molecule has 2 aromatic rings. The van der Waals surface area contributed by atoms with E-state index in [0.717, 1.165) is 10.9 Å². The Balaban J connectivity index is 1.83. The van der Waals surface area contributed by atoms with Crippen LogP contribution in [-0.2, 0) is 10.2 Å². The molecule has 2 heterocycles. The Labute approximate surface area is 112 Å².